The van der Waals surface area contributed by atoms with Gasteiger partial charge in [0.25, 0.3) is 0 Å². The molecule has 0 amide bonds. The van der Waals surface area contributed by atoms with Crippen molar-refractivity contribution >= 4 is 11.6 Å². The minimum Gasteiger partial charge on any atom is -0.467 e. The number of hydrazine groups is 1. The first-order valence-electron chi connectivity index (χ1n) is 5.72. The van der Waals surface area contributed by atoms with Gasteiger partial charge < -0.3 is 4.42 Å². The minimum absolute atomic E-state index is 0.118. The number of nitrogens with zero attached hydrogens (tertiary/aromatic N) is 2. The van der Waals surface area contributed by atoms with Gasteiger partial charge in [-0.2, -0.15) is 5.10 Å². The summed E-state index contributed by atoms with van der Waals surface area (Å²) < 4.78 is 7.24. The largest absolute Gasteiger partial charge is 0.467 e. The first-order chi connectivity index (χ1) is 8.54. The van der Waals surface area contributed by atoms with Crippen LogP contribution in [0.5, 0.6) is 0 Å². The third-order valence-electron chi connectivity index (χ3n) is 3.08. The van der Waals surface area contributed by atoms with E-state index < -0.39 is 0 Å². The second-order valence-electron chi connectivity index (χ2n) is 4.36. The number of nitrogens with one attached hydrogen (secondary N) is 1. The number of aromatic nitrogens is 2. The highest BCUT2D eigenvalue weighted by Crippen LogP contribution is 2.27. The lowest BCUT2D eigenvalue weighted by Crippen LogP contribution is -2.30. The summed E-state index contributed by atoms with van der Waals surface area (Å²) in [5.74, 6) is 6.43. The van der Waals surface area contributed by atoms with Crippen LogP contribution >= 0.6 is 11.6 Å². The molecule has 0 spiro atoms. The highest BCUT2D eigenvalue weighted by molar-refractivity contribution is 6.31. The summed E-state index contributed by atoms with van der Waals surface area (Å²) in [6, 6.07) is 1.79. The number of halogens is 1. The monoisotopic (exact) mass is 268 g/mol. The highest BCUT2D eigenvalue weighted by Gasteiger charge is 2.21. The van der Waals surface area contributed by atoms with Crippen LogP contribution in [0.3, 0.4) is 0 Å². The quantitative estimate of drug-likeness (QED) is 0.658. The van der Waals surface area contributed by atoms with Crippen molar-refractivity contribution in [3.63, 3.8) is 0 Å². The Morgan fingerprint density at radius 1 is 1.56 bits per heavy atom. The molecule has 1 unspecified atom stereocenters. The topological polar surface area (TPSA) is 69.0 Å². The van der Waals surface area contributed by atoms with Crippen LogP contribution in [0, 0.1) is 13.8 Å². The Balaban J connectivity index is 2.29. The summed E-state index contributed by atoms with van der Waals surface area (Å²) in [5, 5.41) is 4.97. The van der Waals surface area contributed by atoms with Crippen LogP contribution in [-0.2, 0) is 13.5 Å². The molecular formula is C12H17ClN4O. The molecule has 2 heterocycles. The summed E-state index contributed by atoms with van der Waals surface area (Å²) in [5.41, 5.74) is 5.59. The SMILES string of the molecule is Cc1ccoc1C(Cc1c(Cl)c(C)nn1C)NN. The van der Waals surface area contributed by atoms with Gasteiger partial charge in [0.05, 0.1) is 28.7 Å². The van der Waals surface area contributed by atoms with Crippen molar-refractivity contribution in [2.75, 3.05) is 0 Å². The third-order valence-corrected chi connectivity index (χ3v) is 3.57. The molecule has 0 saturated carbocycles. The van der Waals surface area contributed by atoms with Crippen LogP contribution in [0.2, 0.25) is 5.02 Å². The van der Waals surface area contributed by atoms with E-state index in [2.05, 4.69) is 10.5 Å². The van der Waals surface area contributed by atoms with Crippen molar-refractivity contribution < 1.29 is 4.42 Å². The number of rotatable bonds is 4. The van der Waals surface area contributed by atoms with Gasteiger partial charge in [0.15, 0.2) is 0 Å². The molecule has 0 aliphatic heterocycles. The molecular weight excluding hydrogens is 252 g/mol. The molecule has 3 N–H and O–H groups in total. The fraction of sp³-hybridized carbons (Fsp3) is 0.417. The average molecular weight is 269 g/mol. The maximum Gasteiger partial charge on any atom is 0.125 e. The smallest absolute Gasteiger partial charge is 0.125 e. The van der Waals surface area contributed by atoms with E-state index in [-0.39, 0.29) is 6.04 Å². The van der Waals surface area contributed by atoms with E-state index in [1.54, 1.807) is 10.9 Å². The van der Waals surface area contributed by atoms with Crippen LogP contribution in [0.1, 0.15) is 28.8 Å². The van der Waals surface area contributed by atoms with E-state index in [9.17, 15) is 0 Å². The molecule has 0 fully saturated rings. The maximum atomic E-state index is 6.23. The molecule has 0 saturated heterocycles. The molecule has 0 bridgehead atoms. The number of aryl methyl sites for hydroxylation is 3. The highest BCUT2D eigenvalue weighted by atomic mass is 35.5. The van der Waals surface area contributed by atoms with E-state index in [1.165, 1.54) is 0 Å². The number of hydrogen-bond acceptors (Lipinski definition) is 4. The summed E-state index contributed by atoms with van der Waals surface area (Å²) in [6.07, 6.45) is 2.28. The van der Waals surface area contributed by atoms with Crippen LogP contribution in [0.15, 0.2) is 16.7 Å². The Morgan fingerprint density at radius 2 is 2.28 bits per heavy atom. The standard InChI is InChI=1S/C12H17ClN4O/c1-7-4-5-18-12(7)9(15-14)6-10-11(13)8(2)16-17(10)3/h4-5,9,15H,6,14H2,1-3H3. The van der Waals surface area contributed by atoms with Crippen LogP contribution in [-0.4, -0.2) is 9.78 Å². The molecule has 2 aromatic rings. The van der Waals surface area contributed by atoms with Crippen LogP contribution in [0.4, 0.5) is 0 Å². The van der Waals surface area contributed by atoms with Gasteiger partial charge in [-0.25, -0.2) is 5.43 Å². The lowest BCUT2D eigenvalue weighted by Gasteiger charge is -2.15. The van der Waals surface area contributed by atoms with Crippen LogP contribution in [0.25, 0.3) is 0 Å². The predicted octanol–water partition coefficient (Wildman–Crippen LogP) is 2.03. The van der Waals surface area contributed by atoms with Crippen molar-refractivity contribution in [3.8, 4) is 0 Å². The van der Waals surface area contributed by atoms with Gasteiger partial charge in [-0.15, -0.1) is 0 Å². The van der Waals surface area contributed by atoms with Gasteiger partial charge in [0, 0.05) is 13.5 Å². The zero-order valence-electron chi connectivity index (χ0n) is 10.7. The van der Waals surface area contributed by atoms with E-state index in [1.807, 2.05) is 27.0 Å². The molecule has 0 aliphatic carbocycles. The molecule has 2 aromatic heterocycles. The van der Waals surface area contributed by atoms with Crippen molar-refractivity contribution in [1.82, 2.24) is 15.2 Å². The van der Waals surface area contributed by atoms with Gasteiger partial charge in [0.2, 0.25) is 0 Å². The molecule has 1 atom stereocenters. The maximum absolute atomic E-state index is 6.23. The van der Waals surface area contributed by atoms with Crippen molar-refractivity contribution in [1.29, 1.82) is 0 Å². The average Bonchev–Trinajstić information content (AvgIpc) is 2.84. The first-order valence-corrected chi connectivity index (χ1v) is 6.10. The van der Waals surface area contributed by atoms with Gasteiger partial charge in [-0.3, -0.25) is 10.5 Å². The number of furan rings is 1. The molecule has 18 heavy (non-hydrogen) atoms. The minimum atomic E-state index is -0.118. The normalized spacial score (nSPS) is 12.9. The fourth-order valence-electron chi connectivity index (χ4n) is 2.06. The van der Waals surface area contributed by atoms with E-state index >= 15 is 0 Å². The van der Waals surface area contributed by atoms with Gasteiger partial charge >= 0.3 is 0 Å². The summed E-state index contributed by atoms with van der Waals surface area (Å²) >= 11 is 6.23. The third kappa shape index (κ3) is 2.29. The van der Waals surface area contributed by atoms with Crippen molar-refractivity contribution in [2.24, 2.45) is 12.9 Å². The molecule has 2 rings (SSSR count). The molecule has 0 aliphatic rings. The zero-order chi connectivity index (χ0) is 13.3. The lowest BCUT2D eigenvalue weighted by molar-refractivity contribution is 0.407. The summed E-state index contributed by atoms with van der Waals surface area (Å²) in [7, 11) is 1.87. The van der Waals surface area contributed by atoms with Crippen molar-refractivity contribution in [3.05, 3.63) is 40.1 Å². The van der Waals surface area contributed by atoms with Gasteiger partial charge in [0.1, 0.15) is 5.76 Å². The van der Waals surface area contributed by atoms with Gasteiger partial charge in [-0.05, 0) is 25.5 Å². The van der Waals surface area contributed by atoms with E-state index in [0.29, 0.717) is 11.4 Å². The Bertz CT molecular complexity index is 546. The zero-order valence-corrected chi connectivity index (χ0v) is 11.5. The Kier molecular flexibility index (Phi) is 3.75. The van der Waals surface area contributed by atoms with E-state index in [4.69, 9.17) is 21.9 Å². The van der Waals surface area contributed by atoms with Crippen LogP contribution < -0.4 is 11.3 Å². The second-order valence-corrected chi connectivity index (χ2v) is 4.74. The Labute approximate surface area is 111 Å². The first kappa shape index (κ1) is 13.1. The molecule has 6 heteroatoms. The Hall–Kier alpha value is -1.30. The second kappa shape index (κ2) is 5.14. The lowest BCUT2D eigenvalue weighted by atomic mass is 10.1. The predicted molar refractivity (Wildman–Crippen MR) is 70.2 cm³/mol. The molecule has 0 aromatic carbocycles. The number of hydrogen-bond donors (Lipinski definition) is 2. The van der Waals surface area contributed by atoms with E-state index in [0.717, 1.165) is 22.7 Å². The molecule has 5 nitrogen and oxygen atoms in total. The molecule has 98 valence electrons. The Morgan fingerprint density at radius 3 is 2.72 bits per heavy atom. The summed E-state index contributed by atoms with van der Waals surface area (Å²) in [4.78, 5) is 0. The van der Waals surface area contributed by atoms with Crippen molar-refractivity contribution in [2.45, 2.75) is 26.3 Å². The fourth-order valence-corrected chi connectivity index (χ4v) is 2.30. The van der Waals surface area contributed by atoms with Gasteiger partial charge in [-0.1, -0.05) is 11.6 Å². The molecule has 0 radical (unpaired) electrons. The number of nitrogens with two attached hydrogens (primary N) is 1. The summed E-state index contributed by atoms with van der Waals surface area (Å²) in [6.45, 7) is 3.87.